The standard InChI is InChI=1S/C12H8F2NO2P/c13-7-1-3-9-11(5-7)18(15,16)12-6-8(14)2-4-10(12)17-9/h1-6H,(H2,15,16). The summed E-state index contributed by atoms with van der Waals surface area (Å²) < 4.78 is 31.8. The first-order valence-electron chi connectivity index (χ1n) is 5.13. The number of ether oxygens (including phenoxy) is 1. The maximum atomic E-state index is 13.2. The number of hydrogen-bond donors (Lipinski definition) is 2. The minimum absolute atomic E-state index is 0.0700. The second kappa shape index (κ2) is 3.64. The Bertz CT molecular complexity index is 647. The lowest BCUT2D eigenvalue weighted by Gasteiger charge is -2.27. The molecule has 0 bridgehead atoms. The van der Waals surface area contributed by atoms with Gasteiger partial charge in [-0.25, -0.2) is 8.78 Å². The van der Waals surface area contributed by atoms with E-state index in [1.807, 2.05) is 0 Å². The van der Waals surface area contributed by atoms with Crippen LogP contribution in [0.2, 0.25) is 0 Å². The van der Waals surface area contributed by atoms with Crippen LogP contribution < -0.4 is 15.3 Å². The van der Waals surface area contributed by atoms with E-state index in [-0.39, 0.29) is 22.1 Å². The van der Waals surface area contributed by atoms with Gasteiger partial charge < -0.3 is 9.63 Å². The van der Waals surface area contributed by atoms with E-state index in [1.165, 1.54) is 24.3 Å². The molecule has 1 heterocycles. The van der Waals surface area contributed by atoms with Crippen molar-refractivity contribution in [1.29, 1.82) is 5.16 Å². The van der Waals surface area contributed by atoms with Gasteiger partial charge in [-0.1, -0.05) is 0 Å². The molecule has 2 N–H and O–H groups in total. The van der Waals surface area contributed by atoms with E-state index in [1.54, 1.807) is 0 Å². The molecule has 1 aliphatic heterocycles. The Balaban J connectivity index is 2.30. The number of nitrogens with one attached hydrogen (secondary N) is 1. The Labute approximate surface area is 102 Å². The van der Waals surface area contributed by atoms with Crippen LogP contribution >= 0.6 is 7.28 Å². The van der Waals surface area contributed by atoms with Gasteiger partial charge in [0.05, 0.1) is 10.6 Å². The van der Waals surface area contributed by atoms with E-state index in [9.17, 15) is 13.7 Å². The third-order valence-corrected chi connectivity index (χ3v) is 4.85. The monoisotopic (exact) mass is 267 g/mol. The zero-order valence-electron chi connectivity index (χ0n) is 9.02. The fourth-order valence-corrected chi connectivity index (χ4v) is 3.67. The molecule has 2 aromatic rings. The van der Waals surface area contributed by atoms with Crippen LogP contribution in [0, 0.1) is 16.8 Å². The van der Waals surface area contributed by atoms with Crippen molar-refractivity contribution in [1.82, 2.24) is 0 Å². The summed E-state index contributed by atoms with van der Waals surface area (Å²) in [7, 11) is -3.53. The lowest BCUT2D eigenvalue weighted by Crippen LogP contribution is -2.24. The maximum Gasteiger partial charge on any atom is 0.145 e. The first-order chi connectivity index (χ1) is 8.48. The molecule has 2 aromatic carbocycles. The molecule has 0 spiro atoms. The van der Waals surface area contributed by atoms with Crippen molar-refractivity contribution in [3.63, 3.8) is 0 Å². The third-order valence-electron chi connectivity index (χ3n) is 2.76. The summed E-state index contributed by atoms with van der Waals surface area (Å²) in [6.07, 6.45) is 0. The zero-order chi connectivity index (χ0) is 12.9. The lowest BCUT2D eigenvalue weighted by molar-refractivity contribution is 0.480. The Hall–Kier alpha value is -1.71. The third kappa shape index (κ3) is 1.55. The molecule has 0 aliphatic carbocycles. The van der Waals surface area contributed by atoms with Gasteiger partial charge in [-0.15, -0.1) is 0 Å². The van der Waals surface area contributed by atoms with Crippen molar-refractivity contribution < 1.29 is 18.4 Å². The van der Waals surface area contributed by atoms with Crippen LogP contribution in [-0.2, 0) is 0 Å². The minimum atomic E-state index is -3.53. The number of halogens is 2. The van der Waals surface area contributed by atoms with Gasteiger partial charge in [0.25, 0.3) is 0 Å². The first-order valence-corrected chi connectivity index (χ1v) is 6.87. The Morgan fingerprint density at radius 3 is 1.83 bits per heavy atom. The highest BCUT2D eigenvalue weighted by Crippen LogP contribution is 2.49. The van der Waals surface area contributed by atoms with Crippen molar-refractivity contribution in [2.75, 3.05) is 0 Å². The molecule has 0 atom stereocenters. The van der Waals surface area contributed by atoms with Gasteiger partial charge in [-0.3, -0.25) is 5.16 Å². The van der Waals surface area contributed by atoms with E-state index in [2.05, 4.69) is 0 Å². The molecule has 0 aromatic heterocycles. The van der Waals surface area contributed by atoms with Crippen molar-refractivity contribution in [3.05, 3.63) is 48.0 Å². The molecule has 0 unspecified atom stereocenters. The van der Waals surface area contributed by atoms with Crippen LogP contribution in [0.25, 0.3) is 0 Å². The van der Waals surface area contributed by atoms with Gasteiger partial charge in [0.15, 0.2) is 0 Å². The molecule has 18 heavy (non-hydrogen) atoms. The predicted octanol–water partition coefficient (Wildman–Crippen LogP) is 2.71. The predicted molar refractivity (Wildman–Crippen MR) is 64.0 cm³/mol. The molecule has 3 rings (SSSR count). The number of fused-ring (bicyclic) bond motifs is 2. The summed E-state index contributed by atoms with van der Waals surface area (Å²) in [6, 6.07) is 7.21. The molecule has 92 valence electrons. The number of rotatable bonds is 0. The summed E-state index contributed by atoms with van der Waals surface area (Å²) in [5.74, 6) is -0.659. The highest BCUT2D eigenvalue weighted by Gasteiger charge is 2.32. The SMILES string of the molecule is N=P1(O)c2cc(F)ccc2Oc2ccc(F)cc21. The van der Waals surface area contributed by atoms with E-state index < -0.39 is 18.9 Å². The van der Waals surface area contributed by atoms with Crippen molar-refractivity contribution in [2.24, 2.45) is 0 Å². The zero-order valence-corrected chi connectivity index (χ0v) is 9.92. The molecular weight excluding hydrogens is 259 g/mol. The second-order valence-electron chi connectivity index (χ2n) is 3.96. The fourth-order valence-electron chi connectivity index (χ4n) is 1.91. The average Bonchev–Trinajstić information content (AvgIpc) is 2.32. The number of hydrogen-bond acceptors (Lipinski definition) is 2. The normalized spacial score (nSPS) is 15.5. The molecule has 1 aliphatic rings. The van der Waals surface area contributed by atoms with Gasteiger partial charge in [0.2, 0.25) is 0 Å². The average molecular weight is 267 g/mol. The Kier molecular flexibility index (Phi) is 2.30. The van der Waals surface area contributed by atoms with Gasteiger partial charge in [0, 0.05) is 0 Å². The summed E-state index contributed by atoms with van der Waals surface area (Å²) in [4.78, 5) is 10.3. The van der Waals surface area contributed by atoms with Gasteiger partial charge in [-0.2, -0.15) is 0 Å². The smallest absolute Gasteiger partial charge is 0.145 e. The first kappa shape index (κ1) is 11.4. The Morgan fingerprint density at radius 1 is 0.944 bits per heavy atom. The minimum Gasteiger partial charge on any atom is -0.456 e. The quantitative estimate of drug-likeness (QED) is 0.721. The van der Waals surface area contributed by atoms with E-state index in [0.29, 0.717) is 0 Å². The van der Waals surface area contributed by atoms with Crippen molar-refractivity contribution in [3.8, 4) is 11.5 Å². The topological polar surface area (TPSA) is 53.3 Å². The number of benzene rings is 2. The van der Waals surface area contributed by atoms with Crippen LogP contribution in [0.3, 0.4) is 0 Å². The second-order valence-corrected chi connectivity index (χ2v) is 6.20. The van der Waals surface area contributed by atoms with Crippen LogP contribution in [0.1, 0.15) is 0 Å². The fraction of sp³-hybridized carbons (Fsp3) is 0. The summed E-state index contributed by atoms with van der Waals surface area (Å²) >= 11 is 0. The maximum absolute atomic E-state index is 13.2. The molecule has 0 saturated heterocycles. The van der Waals surface area contributed by atoms with E-state index in [4.69, 9.17) is 9.90 Å². The summed E-state index contributed by atoms with van der Waals surface area (Å²) in [5, 5.41) is 8.18. The largest absolute Gasteiger partial charge is 0.456 e. The molecular formula is C12H8F2NO2P. The van der Waals surface area contributed by atoms with E-state index >= 15 is 0 Å². The van der Waals surface area contributed by atoms with Crippen LogP contribution in [0.15, 0.2) is 36.4 Å². The highest BCUT2D eigenvalue weighted by atomic mass is 31.2. The molecule has 0 saturated carbocycles. The van der Waals surface area contributed by atoms with E-state index in [0.717, 1.165) is 12.1 Å². The highest BCUT2D eigenvalue weighted by molar-refractivity contribution is 7.75. The molecule has 0 amide bonds. The van der Waals surface area contributed by atoms with Crippen LogP contribution in [0.5, 0.6) is 11.5 Å². The van der Waals surface area contributed by atoms with Gasteiger partial charge in [-0.05, 0) is 36.4 Å². The van der Waals surface area contributed by atoms with Gasteiger partial charge in [0.1, 0.15) is 30.4 Å². The molecule has 6 heteroatoms. The van der Waals surface area contributed by atoms with Gasteiger partial charge >= 0.3 is 0 Å². The van der Waals surface area contributed by atoms with Crippen molar-refractivity contribution in [2.45, 2.75) is 0 Å². The summed E-state index contributed by atoms with van der Waals surface area (Å²) in [6.45, 7) is 0. The summed E-state index contributed by atoms with van der Waals surface area (Å²) in [5.41, 5.74) is 0. The van der Waals surface area contributed by atoms with Crippen LogP contribution in [-0.4, -0.2) is 4.89 Å². The molecule has 3 nitrogen and oxygen atoms in total. The molecule has 0 radical (unpaired) electrons. The van der Waals surface area contributed by atoms with Crippen molar-refractivity contribution >= 4 is 17.9 Å². The Morgan fingerprint density at radius 2 is 1.39 bits per heavy atom. The lowest BCUT2D eigenvalue weighted by atomic mass is 10.3. The molecule has 0 fully saturated rings. The van der Waals surface area contributed by atoms with Crippen LogP contribution in [0.4, 0.5) is 8.78 Å².